The van der Waals surface area contributed by atoms with Crippen molar-refractivity contribution in [3.63, 3.8) is 0 Å². The van der Waals surface area contributed by atoms with E-state index in [1.165, 1.54) is 11.1 Å². The molecule has 164 valence electrons. The van der Waals surface area contributed by atoms with E-state index in [0.717, 1.165) is 49.1 Å². The molecular formula is C28H31N3O. The van der Waals surface area contributed by atoms with Crippen LogP contribution < -0.4 is 5.32 Å². The lowest BCUT2D eigenvalue weighted by molar-refractivity contribution is -0.120. The molecule has 0 saturated heterocycles. The number of carbonyl (C=O) groups excluding carboxylic acids is 1. The van der Waals surface area contributed by atoms with Gasteiger partial charge < -0.3 is 9.88 Å². The Morgan fingerprint density at radius 1 is 0.875 bits per heavy atom. The Hall–Kier alpha value is -3.40. The molecule has 1 unspecified atom stereocenters. The lowest BCUT2D eigenvalue weighted by Gasteiger charge is -2.18. The van der Waals surface area contributed by atoms with Gasteiger partial charge in [-0.05, 0) is 43.0 Å². The second-order valence-electron chi connectivity index (χ2n) is 8.30. The van der Waals surface area contributed by atoms with Crippen LogP contribution >= 0.6 is 0 Å². The maximum absolute atomic E-state index is 12.1. The Labute approximate surface area is 190 Å². The van der Waals surface area contributed by atoms with Gasteiger partial charge in [-0.3, -0.25) is 4.79 Å². The zero-order valence-electron chi connectivity index (χ0n) is 18.7. The number of benzene rings is 3. The maximum atomic E-state index is 12.1. The smallest absolute Gasteiger partial charge is 0.224 e. The van der Waals surface area contributed by atoms with E-state index < -0.39 is 0 Å². The number of aryl methyl sites for hydroxylation is 1. The van der Waals surface area contributed by atoms with Crippen LogP contribution in [0.2, 0.25) is 0 Å². The van der Waals surface area contributed by atoms with E-state index in [-0.39, 0.29) is 11.9 Å². The normalized spacial score (nSPS) is 12.0. The van der Waals surface area contributed by atoms with Crippen molar-refractivity contribution in [1.82, 2.24) is 14.9 Å². The number of nitrogens with one attached hydrogen (secondary N) is 1. The molecule has 4 rings (SSSR count). The van der Waals surface area contributed by atoms with Crippen LogP contribution in [0.1, 0.15) is 49.2 Å². The Morgan fingerprint density at radius 2 is 1.56 bits per heavy atom. The van der Waals surface area contributed by atoms with E-state index in [1.807, 2.05) is 30.3 Å². The summed E-state index contributed by atoms with van der Waals surface area (Å²) < 4.78 is 2.38. The Balaban J connectivity index is 1.31. The molecular weight excluding hydrogens is 394 g/mol. The number of unbranched alkanes of at least 4 members (excludes halogenated alkanes) is 2. The second kappa shape index (κ2) is 10.8. The summed E-state index contributed by atoms with van der Waals surface area (Å²) in [5, 5.41) is 3.04. The predicted molar refractivity (Wildman–Crippen MR) is 131 cm³/mol. The van der Waals surface area contributed by atoms with Gasteiger partial charge in [-0.1, -0.05) is 79.2 Å². The summed E-state index contributed by atoms with van der Waals surface area (Å²) in [5.74, 6) is 1.23. The summed E-state index contributed by atoms with van der Waals surface area (Å²) in [4.78, 5) is 17.0. The highest BCUT2D eigenvalue weighted by Crippen LogP contribution is 2.26. The van der Waals surface area contributed by atoms with Gasteiger partial charge in [0.15, 0.2) is 0 Å². The molecule has 3 aromatic carbocycles. The van der Waals surface area contributed by atoms with Gasteiger partial charge in [0.25, 0.3) is 0 Å². The van der Waals surface area contributed by atoms with Crippen LogP contribution in [0.4, 0.5) is 0 Å². The number of amides is 1. The van der Waals surface area contributed by atoms with E-state index in [0.29, 0.717) is 6.42 Å². The highest BCUT2D eigenvalue weighted by atomic mass is 16.1. The van der Waals surface area contributed by atoms with Crippen LogP contribution in [0, 0.1) is 0 Å². The molecule has 0 bridgehead atoms. The number of nitrogens with zero attached hydrogens (tertiary/aromatic N) is 2. The summed E-state index contributed by atoms with van der Waals surface area (Å²) in [6, 6.07) is 29.1. The minimum atomic E-state index is 0.0923. The van der Waals surface area contributed by atoms with Crippen molar-refractivity contribution in [2.24, 2.45) is 0 Å². The van der Waals surface area contributed by atoms with E-state index in [9.17, 15) is 4.79 Å². The van der Waals surface area contributed by atoms with Crippen molar-refractivity contribution in [3.8, 4) is 0 Å². The van der Waals surface area contributed by atoms with Crippen LogP contribution in [0.5, 0.6) is 0 Å². The SMILES string of the molecule is CC(c1ccccc1)n1c(CCCCCNC(=O)Cc2ccccc2)nc2ccccc21. The molecule has 4 aromatic rings. The number of fused-ring (bicyclic) bond motifs is 1. The summed E-state index contributed by atoms with van der Waals surface area (Å²) >= 11 is 0. The molecule has 4 heteroatoms. The Morgan fingerprint density at radius 3 is 2.34 bits per heavy atom. The summed E-state index contributed by atoms with van der Waals surface area (Å²) in [5.41, 5.74) is 4.58. The molecule has 0 spiro atoms. The highest BCUT2D eigenvalue weighted by molar-refractivity contribution is 5.78. The van der Waals surface area contributed by atoms with Gasteiger partial charge in [0.05, 0.1) is 23.5 Å². The third-order valence-corrected chi connectivity index (χ3v) is 5.94. The first-order valence-electron chi connectivity index (χ1n) is 11.5. The number of hydrogen-bond acceptors (Lipinski definition) is 2. The first-order valence-corrected chi connectivity index (χ1v) is 11.5. The molecule has 4 nitrogen and oxygen atoms in total. The van der Waals surface area contributed by atoms with Crippen molar-refractivity contribution in [1.29, 1.82) is 0 Å². The average molecular weight is 426 g/mol. The number of rotatable bonds is 10. The zero-order valence-corrected chi connectivity index (χ0v) is 18.7. The number of hydrogen-bond donors (Lipinski definition) is 1. The Kier molecular flexibility index (Phi) is 7.34. The molecule has 0 radical (unpaired) electrons. The topological polar surface area (TPSA) is 46.9 Å². The standard InChI is InChI=1S/C28H31N3O/c1-22(24-15-7-3-8-16-24)31-26-18-11-10-17-25(26)30-27(31)19-9-4-12-20-29-28(32)21-23-13-5-2-6-14-23/h2-3,5-8,10-11,13-18,22H,4,9,12,19-21H2,1H3,(H,29,32). The molecule has 0 aliphatic heterocycles. The summed E-state index contributed by atoms with van der Waals surface area (Å²) in [6.07, 6.45) is 4.48. The molecule has 1 N–H and O–H groups in total. The van der Waals surface area contributed by atoms with Crippen LogP contribution in [-0.4, -0.2) is 22.0 Å². The van der Waals surface area contributed by atoms with Gasteiger partial charge >= 0.3 is 0 Å². The van der Waals surface area contributed by atoms with Gasteiger partial charge in [-0.2, -0.15) is 0 Å². The zero-order chi connectivity index (χ0) is 22.2. The maximum Gasteiger partial charge on any atom is 0.224 e. The predicted octanol–water partition coefficient (Wildman–Crippen LogP) is 5.72. The fourth-order valence-electron chi connectivity index (χ4n) is 4.24. The molecule has 0 aliphatic rings. The molecule has 1 amide bonds. The average Bonchev–Trinajstić information content (AvgIpc) is 3.20. The molecule has 0 aliphatic carbocycles. The van der Waals surface area contributed by atoms with Crippen molar-refractivity contribution in [3.05, 3.63) is 102 Å². The third kappa shape index (κ3) is 5.44. The summed E-state index contributed by atoms with van der Waals surface area (Å²) in [7, 11) is 0. The number of para-hydroxylation sites is 2. The molecule has 1 heterocycles. The lowest BCUT2D eigenvalue weighted by Crippen LogP contribution is -2.26. The molecule has 0 fully saturated rings. The molecule has 1 aromatic heterocycles. The Bertz CT molecular complexity index is 1140. The summed E-state index contributed by atoms with van der Waals surface area (Å²) in [6.45, 7) is 2.97. The first-order chi connectivity index (χ1) is 15.7. The van der Waals surface area contributed by atoms with Crippen molar-refractivity contribution in [2.75, 3.05) is 6.54 Å². The molecule has 1 atom stereocenters. The number of imidazole rings is 1. The van der Waals surface area contributed by atoms with E-state index in [2.05, 4.69) is 71.4 Å². The largest absolute Gasteiger partial charge is 0.356 e. The van der Waals surface area contributed by atoms with Gasteiger partial charge in [0.1, 0.15) is 5.82 Å². The third-order valence-electron chi connectivity index (χ3n) is 5.94. The number of aromatic nitrogens is 2. The van der Waals surface area contributed by atoms with Crippen LogP contribution in [0.3, 0.4) is 0 Å². The molecule has 0 saturated carbocycles. The van der Waals surface area contributed by atoms with Crippen molar-refractivity contribution in [2.45, 2.75) is 45.1 Å². The highest BCUT2D eigenvalue weighted by Gasteiger charge is 2.16. The van der Waals surface area contributed by atoms with Gasteiger partial charge in [-0.25, -0.2) is 4.98 Å². The van der Waals surface area contributed by atoms with Crippen molar-refractivity contribution < 1.29 is 4.79 Å². The minimum Gasteiger partial charge on any atom is -0.356 e. The fraction of sp³-hybridized carbons (Fsp3) is 0.286. The van der Waals surface area contributed by atoms with Gasteiger partial charge in [0.2, 0.25) is 5.91 Å². The van der Waals surface area contributed by atoms with E-state index in [1.54, 1.807) is 0 Å². The first kappa shape index (κ1) is 21.8. The second-order valence-corrected chi connectivity index (χ2v) is 8.30. The van der Waals surface area contributed by atoms with Crippen LogP contribution in [0.15, 0.2) is 84.9 Å². The van der Waals surface area contributed by atoms with E-state index in [4.69, 9.17) is 4.98 Å². The minimum absolute atomic E-state index is 0.0923. The van der Waals surface area contributed by atoms with Crippen LogP contribution in [0.25, 0.3) is 11.0 Å². The fourth-order valence-corrected chi connectivity index (χ4v) is 4.24. The monoisotopic (exact) mass is 425 g/mol. The quantitative estimate of drug-likeness (QED) is 0.331. The van der Waals surface area contributed by atoms with Gasteiger partial charge in [-0.15, -0.1) is 0 Å². The van der Waals surface area contributed by atoms with Crippen molar-refractivity contribution >= 4 is 16.9 Å². The number of carbonyl (C=O) groups is 1. The lowest BCUT2D eigenvalue weighted by atomic mass is 10.1. The molecule has 32 heavy (non-hydrogen) atoms. The van der Waals surface area contributed by atoms with Gasteiger partial charge in [0, 0.05) is 13.0 Å². The van der Waals surface area contributed by atoms with E-state index >= 15 is 0 Å². The van der Waals surface area contributed by atoms with Crippen LogP contribution in [-0.2, 0) is 17.6 Å².